The third-order valence-electron chi connectivity index (χ3n) is 4.12. The molecule has 2 aliphatic heterocycles. The number of nitrogens with two attached hydrogens (primary N) is 1. The molecule has 3 unspecified atom stereocenters. The number of piperidine rings is 1. The Labute approximate surface area is 97.7 Å². The average molecular weight is 228 g/mol. The van der Waals surface area contributed by atoms with Crippen LogP contribution in [0.4, 0.5) is 0 Å². The number of ether oxygens (including phenoxy) is 1. The molecule has 4 heteroatoms. The van der Waals surface area contributed by atoms with Crippen LogP contribution in [0.25, 0.3) is 0 Å². The van der Waals surface area contributed by atoms with Crippen LogP contribution in [0.1, 0.15) is 19.8 Å². The fraction of sp³-hybridized carbons (Fsp3) is 1.00. The van der Waals surface area contributed by atoms with Crippen LogP contribution < -0.4 is 5.73 Å². The predicted octanol–water partition coefficient (Wildman–Crippen LogP) is 0.0545. The third-order valence-corrected chi connectivity index (χ3v) is 4.12. The van der Waals surface area contributed by atoms with Crippen LogP contribution in [0, 0.1) is 11.3 Å². The summed E-state index contributed by atoms with van der Waals surface area (Å²) in [5.41, 5.74) is 6.06. The van der Waals surface area contributed by atoms with Gasteiger partial charge in [-0.25, -0.2) is 0 Å². The lowest BCUT2D eigenvalue weighted by atomic mass is 9.85. The highest BCUT2D eigenvalue weighted by Gasteiger charge is 2.37. The zero-order chi connectivity index (χ0) is 11.6. The van der Waals surface area contributed by atoms with Gasteiger partial charge in [0.05, 0.1) is 12.7 Å². The Hall–Kier alpha value is -0.160. The lowest BCUT2D eigenvalue weighted by Crippen LogP contribution is -2.49. The molecule has 3 atom stereocenters. The van der Waals surface area contributed by atoms with E-state index in [0.29, 0.717) is 12.5 Å². The summed E-state index contributed by atoms with van der Waals surface area (Å²) in [7, 11) is 0. The smallest absolute Gasteiger partial charge is 0.0590 e. The molecular formula is C12H24N2O2. The molecule has 0 radical (unpaired) electrons. The molecule has 0 bridgehead atoms. The second-order valence-corrected chi connectivity index (χ2v) is 5.58. The number of nitrogens with zero attached hydrogens (tertiary/aromatic N) is 1. The molecule has 0 aromatic rings. The molecular weight excluding hydrogens is 204 g/mol. The fourth-order valence-corrected chi connectivity index (χ4v) is 2.84. The lowest BCUT2D eigenvalue weighted by Gasteiger charge is -2.39. The molecule has 4 nitrogen and oxygen atoms in total. The monoisotopic (exact) mass is 228 g/mol. The maximum absolute atomic E-state index is 9.70. The largest absolute Gasteiger partial charge is 0.393 e. The average Bonchev–Trinajstić information content (AvgIpc) is 2.73. The van der Waals surface area contributed by atoms with Crippen molar-refractivity contribution in [3.8, 4) is 0 Å². The molecule has 3 N–H and O–H groups in total. The van der Waals surface area contributed by atoms with E-state index in [0.717, 1.165) is 45.7 Å². The summed E-state index contributed by atoms with van der Waals surface area (Å²) in [5, 5.41) is 9.70. The van der Waals surface area contributed by atoms with Gasteiger partial charge in [-0.1, -0.05) is 6.92 Å². The van der Waals surface area contributed by atoms with Crippen molar-refractivity contribution in [1.82, 2.24) is 4.90 Å². The number of likely N-dealkylation sites (tertiary alicyclic amines) is 1. The Bertz CT molecular complexity index is 229. The molecule has 2 rings (SSSR count). The Balaban J connectivity index is 1.89. The quantitative estimate of drug-likeness (QED) is 0.717. The van der Waals surface area contributed by atoms with E-state index in [1.807, 2.05) is 0 Å². The minimum absolute atomic E-state index is 0.120. The van der Waals surface area contributed by atoms with E-state index < -0.39 is 0 Å². The third kappa shape index (κ3) is 2.56. The predicted molar refractivity (Wildman–Crippen MR) is 63.2 cm³/mol. The summed E-state index contributed by atoms with van der Waals surface area (Å²) in [4.78, 5) is 2.44. The molecule has 94 valence electrons. The van der Waals surface area contributed by atoms with Crippen molar-refractivity contribution in [2.45, 2.75) is 25.9 Å². The Morgan fingerprint density at radius 2 is 2.38 bits per heavy atom. The molecule has 2 heterocycles. The van der Waals surface area contributed by atoms with Gasteiger partial charge in [-0.15, -0.1) is 0 Å². The number of aliphatic hydroxyl groups excluding tert-OH is 1. The summed E-state index contributed by atoms with van der Waals surface area (Å²) >= 11 is 0. The molecule has 0 saturated carbocycles. The fourth-order valence-electron chi connectivity index (χ4n) is 2.84. The maximum Gasteiger partial charge on any atom is 0.0590 e. The SMILES string of the molecule is CC1CN(CC2(CN)CCOC2)CCC1O. The van der Waals surface area contributed by atoms with Crippen molar-refractivity contribution in [2.75, 3.05) is 39.4 Å². The van der Waals surface area contributed by atoms with Crippen LogP contribution >= 0.6 is 0 Å². The highest BCUT2D eigenvalue weighted by Crippen LogP contribution is 2.30. The van der Waals surface area contributed by atoms with Crippen molar-refractivity contribution in [2.24, 2.45) is 17.1 Å². The summed E-state index contributed by atoms with van der Waals surface area (Å²) in [6.45, 7) is 7.49. The first-order valence-electron chi connectivity index (χ1n) is 6.33. The van der Waals surface area contributed by atoms with E-state index in [9.17, 15) is 5.11 Å². The van der Waals surface area contributed by atoms with E-state index in [2.05, 4.69) is 11.8 Å². The van der Waals surface area contributed by atoms with Crippen molar-refractivity contribution < 1.29 is 9.84 Å². The summed E-state index contributed by atoms with van der Waals surface area (Å²) < 4.78 is 5.48. The minimum atomic E-state index is -0.120. The highest BCUT2D eigenvalue weighted by atomic mass is 16.5. The standard InChI is InChI=1S/C12H24N2O2/c1-10-6-14(4-2-11(10)15)8-12(7-13)3-5-16-9-12/h10-11,15H,2-9,13H2,1H3. The number of hydrogen-bond donors (Lipinski definition) is 2. The zero-order valence-corrected chi connectivity index (χ0v) is 10.2. The van der Waals surface area contributed by atoms with E-state index in [4.69, 9.17) is 10.5 Å². The van der Waals surface area contributed by atoms with Crippen molar-refractivity contribution in [3.63, 3.8) is 0 Å². The van der Waals surface area contributed by atoms with Gasteiger partial charge >= 0.3 is 0 Å². The number of aliphatic hydroxyl groups is 1. The van der Waals surface area contributed by atoms with Gasteiger partial charge in [0, 0.05) is 38.2 Å². The topological polar surface area (TPSA) is 58.7 Å². The van der Waals surface area contributed by atoms with Crippen LogP contribution in [-0.2, 0) is 4.74 Å². The van der Waals surface area contributed by atoms with Gasteiger partial charge in [-0.2, -0.15) is 0 Å². The van der Waals surface area contributed by atoms with Crippen LogP contribution in [0.15, 0.2) is 0 Å². The van der Waals surface area contributed by atoms with Gasteiger partial charge in [-0.3, -0.25) is 0 Å². The Morgan fingerprint density at radius 3 is 2.94 bits per heavy atom. The molecule has 0 aromatic carbocycles. The van der Waals surface area contributed by atoms with Crippen LogP contribution in [0.3, 0.4) is 0 Å². The zero-order valence-electron chi connectivity index (χ0n) is 10.2. The molecule has 0 spiro atoms. The van der Waals surface area contributed by atoms with Gasteiger partial charge in [0.2, 0.25) is 0 Å². The summed E-state index contributed by atoms with van der Waals surface area (Å²) in [5.74, 6) is 0.380. The van der Waals surface area contributed by atoms with Gasteiger partial charge in [0.15, 0.2) is 0 Å². The van der Waals surface area contributed by atoms with Gasteiger partial charge in [-0.05, 0) is 18.8 Å². The lowest BCUT2D eigenvalue weighted by molar-refractivity contribution is 0.0152. The summed E-state index contributed by atoms with van der Waals surface area (Å²) in [6, 6.07) is 0. The molecule has 16 heavy (non-hydrogen) atoms. The van der Waals surface area contributed by atoms with E-state index in [1.54, 1.807) is 0 Å². The van der Waals surface area contributed by atoms with Gasteiger partial charge in [0.25, 0.3) is 0 Å². The van der Waals surface area contributed by atoms with Crippen molar-refractivity contribution in [1.29, 1.82) is 0 Å². The normalized spacial score (nSPS) is 41.4. The first-order valence-corrected chi connectivity index (χ1v) is 6.33. The molecule has 0 aromatic heterocycles. The van der Waals surface area contributed by atoms with E-state index in [1.165, 1.54) is 0 Å². The second kappa shape index (κ2) is 5.00. The summed E-state index contributed by atoms with van der Waals surface area (Å²) in [6.07, 6.45) is 1.85. The molecule has 0 aliphatic carbocycles. The number of rotatable bonds is 3. The van der Waals surface area contributed by atoms with Crippen LogP contribution in [-0.4, -0.2) is 55.5 Å². The first kappa shape index (κ1) is 12.3. The van der Waals surface area contributed by atoms with Crippen molar-refractivity contribution >= 4 is 0 Å². The second-order valence-electron chi connectivity index (χ2n) is 5.58. The maximum atomic E-state index is 9.70. The molecule has 2 fully saturated rings. The number of hydrogen-bond acceptors (Lipinski definition) is 4. The Kier molecular flexibility index (Phi) is 3.85. The van der Waals surface area contributed by atoms with Crippen LogP contribution in [0.2, 0.25) is 0 Å². The molecule has 2 aliphatic rings. The van der Waals surface area contributed by atoms with Gasteiger partial charge in [0.1, 0.15) is 0 Å². The minimum Gasteiger partial charge on any atom is -0.393 e. The van der Waals surface area contributed by atoms with Gasteiger partial charge < -0.3 is 20.5 Å². The van der Waals surface area contributed by atoms with E-state index in [-0.39, 0.29) is 11.5 Å². The van der Waals surface area contributed by atoms with Crippen molar-refractivity contribution in [3.05, 3.63) is 0 Å². The highest BCUT2D eigenvalue weighted by molar-refractivity contribution is 4.89. The molecule has 2 saturated heterocycles. The van der Waals surface area contributed by atoms with E-state index >= 15 is 0 Å². The van der Waals surface area contributed by atoms with Crippen LogP contribution in [0.5, 0.6) is 0 Å². The Morgan fingerprint density at radius 1 is 1.56 bits per heavy atom. The molecule has 0 amide bonds. The first-order chi connectivity index (χ1) is 7.65.